The first kappa shape index (κ1) is 33.1. The minimum Gasteiger partial charge on any atom is -0.486 e. The molecule has 4 amide bonds. The fourth-order valence-electron chi connectivity index (χ4n) is 5.05. The van der Waals surface area contributed by atoms with Crippen molar-refractivity contribution in [3.63, 3.8) is 0 Å². The summed E-state index contributed by atoms with van der Waals surface area (Å²) in [4.78, 5) is 57.4. The van der Waals surface area contributed by atoms with Crippen molar-refractivity contribution in [2.45, 2.75) is 40.8 Å². The molecule has 0 aliphatic rings. The molecule has 12 heteroatoms. The summed E-state index contributed by atoms with van der Waals surface area (Å²) in [6.07, 6.45) is 6.38. The zero-order valence-electron chi connectivity index (χ0n) is 27.0. The Balaban J connectivity index is 1.41. The summed E-state index contributed by atoms with van der Waals surface area (Å²) in [5.41, 5.74) is 5.04. The predicted octanol–water partition coefficient (Wildman–Crippen LogP) is 5.51. The lowest BCUT2D eigenvalue weighted by molar-refractivity contribution is -0.117. The van der Waals surface area contributed by atoms with Crippen molar-refractivity contribution in [1.29, 1.82) is 0 Å². The van der Waals surface area contributed by atoms with Crippen molar-refractivity contribution in [1.82, 2.24) is 19.9 Å². The van der Waals surface area contributed by atoms with Gasteiger partial charge in [0.1, 0.15) is 23.7 Å². The van der Waals surface area contributed by atoms with Gasteiger partial charge in [-0.25, -0.2) is 9.97 Å². The Morgan fingerprint density at radius 2 is 1.65 bits per heavy atom. The highest BCUT2D eigenvalue weighted by molar-refractivity contribution is 5.97. The summed E-state index contributed by atoms with van der Waals surface area (Å²) in [6.45, 7) is 6.30. The zero-order valence-corrected chi connectivity index (χ0v) is 27.0. The third-order valence-corrected chi connectivity index (χ3v) is 7.15. The molecule has 0 radical (unpaired) electrons. The van der Waals surface area contributed by atoms with E-state index < -0.39 is 0 Å². The van der Waals surface area contributed by atoms with Crippen LogP contribution in [-0.4, -0.2) is 38.2 Å². The molecule has 0 saturated heterocycles. The van der Waals surface area contributed by atoms with E-state index in [1.54, 1.807) is 36.5 Å². The number of pyridine rings is 2. The lowest BCUT2D eigenvalue weighted by Gasteiger charge is -2.21. The molecule has 0 saturated carbocycles. The lowest BCUT2D eigenvalue weighted by atomic mass is 10.1. The molecule has 3 heterocycles. The number of aryl methyl sites for hydroxylation is 1. The van der Waals surface area contributed by atoms with Crippen molar-refractivity contribution >= 4 is 57.8 Å². The van der Waals surface area contributed by atoms with Crippen molar-refractivity contribution in [3.05, 3.63) is 108 Å². The molecule has 0 unspecified atom stereocenters. The van der Waals surface area contributed by atoms with E-state index in [2.05, 4.69) is 31.2 Å². The number of carbonyl (C=O) groups is 4. The van der Waals surface area contributed by atoms with Gasteiger partial charge in [0.05, 0.1) is 17.9 Å². The summed E-state index contributed by atoms with van der Waals surface area (Å²) in [7, 11) is 0. The number of anilines is 3. The van der Waals surface area contributed by atoms with Crippen LogP contribution in [0.5, 0.6) is 5.75 Å². The van der Waals surface area contributed by atoms with Crippen LogP contribution in [0, 0.1) is 6.92 Å². The van der Waals surface area contributed by atoms with Crippen LogP contribution in [0.1, 0.15) is 43.3 Å². The first-order valence-electron chi connectivity index (χ1n) is 15.1. The Hall–Kier alpha value is -6.30. The highest BCUT2D eigenvalue weighted by Gasteiger charge is 2.20. The smallest absolute Gasteiger partial charge is 0.244 e. The topological polar surface area (TPSA) is 156 Å². The molecule has 48 heavy (non-hydrogen) atoms. The zero-order chi connectivity index (χ0) is 34.2. The quantitative estimate of drug-likeness (QED) is 0.138. The first-order valence-corrected chi connectivity index (χ1v) is 15.1. The lowest BCUT2D eigenvalue weighted by Crippen LogP contribution is -2.22. The van der Waals surface area contributed by atoms with Crippen LogP contribution in [-0.2, 0) is 32.3 Å². The molecular weight excluding hydrogens is 610 g/mol. The SMILES string of the molecule is CC(=O)Nc1ccc(/C=C/C(=O)NCc2cccn2-c2ccc(NC(C)=O)c(COc3cccc4ccc(C)nc34)c2NC(C)=O)cn1. The van der Waals surface area contributed by atoms with Crippen LogP contribution in [0.15, 0.2) is 85.2 Å². The second-order valence-electron chi connectivity index (χ2n) is 11.0. The van der Waals surface area contributed by atoms with Crippen LogP contribution >= 0.6 is 0 Å². The van der Waals surface area contributed by atoms with Gasteiger partial charge in [-0.15, -0.1) is 0 Å². The van der Waals surface area contributed by atoms with Crippen molar-refractivity contribution in [2.75, 3.05) is 16.0 Å². The maximum absolute atomic E-state index is 12.7. The molecule has 5 aromatic rings. The number of carbonyl (C=O) groups excluding carboxylic acids is 4. The minimum absolute atomic E-state index is 0.00653. The van der Waals surface area contributed by atoms with Gasteiger partial charge in [-0.3, -0.25) is 19.2 Å². The summed E-state index contributed by atoms with van der Waals surface area (Å²) in [5.74, 6) is -0.167. The van der Waals surface area contributed by atoms with Crippen LogP contribution in [0.4, 0.5) is 17.2 Å². The minimum atomic E-state index is -0.329. The molecule has 3 aromatic heterocycles. The molecule has 0 aliphatic carbocycles. The molecule has 0 bridgehead atoms. The highest BCUT2D eigenvalue weighted by atomic mass is 16.5. The Kier molecular flexibility index (Phi) is 10.2. The van der Waals surface area contributed by atoms with Gasteiger partial charge in [0.25, 0.3) is 0 Å². The van der Waals surface area contributed by atoms with Gasteiger partial charge >= 0.3 is 0 Å². The Morgan fingerprint density at radius 1 is 0.854 bits per heavy atom. The molecule has 0 fully saturated rings. The van der Waals surface area contributed by atoms with E-state index in [4.69, 9.17) is 4.74 Å². The Labute approximate surface area is 277 Å². The monoisotopic (exact) mass is 645 g/mol. The van der Waals surface area contributed by atoms with E-state index in [1.165, 1.54) is 26.8 Å². The van der Waals surface area contributed by atoms with Gasteiger partial charge < -0.3 is 30.6 Å². The Morgan fingerprint density at radius 3 is 2.38 bits per heavy atom. The predicted molar refractivity (Wildman–Crippen MR) is 185 cm³/mol. The largest absolute Gasteiger partial charge is 0.486 e. The maximum Gasteiger partial charge on any atom is 0.244 e. The van der Waals surface area contributed by atoms with Gasteiger partial charge in [-0.2, -0.15) is 0 Å². The van der Waals surface area contributed by atoms with E-state index in [0.29, 0.717) is 45.3 Å². The number of nitrogens with zero attached hydrogens (tertiary/aromatic N) is 3. The van der Waals surface area contributed by atoms with Crippen LogP contribution in [0.2, 0.25) is 0 Å². The van der Waals surface area contributed by atoms with E-state index in [9.17, 15) is 19.2 Å². The van der Waals surface area contributed by atoms with E-state index in [1.807, 2.05) is 60.2 Å². The molecule has 0 atom stereocenters. The average Bonchev–Trinajstić information content (AvgIpc) is 3.51. The maximum atomic E-state index is 12.7. The number of para-hydroxylation sites is 1. The Bertz CT molecular complexity index is 2030. The third kappa shape index (κ3) is 8.29. The number of benzene rings is 2. The molecule has 244 valence electrons. The summed E-state index contributed by atoms with van der Waals surface area (Å²) in [6, 6.07) is 20.2. The second kappa shape index (κ2) is 14.9. The normalized spacial score (nSPS) is 10.9. The number of aromatic nitrogens is 3. The van der Waals surface area contributed by atoms with E-state index >= 15 is 0 Å². The molecule has 0 aliphatic heterocycles. The molecule has 5 rings (SSSR count). The number of hydrogen-bond donors (Lipinski definition) is 4. The second-order valence-corrected chi connectivity index (χ2v) is 11.0. The average molecular weight is 646 g/mol. The number of hydrogen-bond acceptors (Lipinski definition) is 7. The number of fused-ring (bicyclic) bond motifs is 1. The van der Waals surface area contributed by atoms with Crippen LogP contribution < -0.4 is 26.0 Å². The fraction of sp³-hybridized carbons (Fsp3) is 0.167. The summed E-state index contributed by atoms with van der Waals surface area (Å²) >= 11 is 0. The van der Waals surface area contributed by atoms with Gasteiger partial charge in [0.2, 0.25) is 23.6 Å². The van der Waals surface area contributed by atoms with Gasteiger partial charge in [-0.05, 0) is 67.1 Å². The molecule has 12 nitrogen and oxygen atoms in total. The summed E-state index contributed by atoms with van der Waals surface area (Å²) in [5, 5.41) is 12.2. The van der Waals surface area contributed by atoms with Crippen molar-refractivity contribution < 1.29 is 23.9 Å². The van der Waals surface area contributed by atoms with Gasteiger partial charge in [-0.1, -0.05) is 18.2 Å². The van der Waals surface area contributed by atoms with Crippen LogP contribution in [0.3, 0.4) is 0 Å². The standard InChI is InChI=1S/C36H35N7O5/c1-22-10-13-27-7-5-9-32(35(27)39-22)48-21-29-30(40-23(2)44)14-15-31(36(29)42-25(4)46)43-18-6-8-28(43)20-38-34(47)17-12-26-11-16-33(37-19-26)41-24(3)45/h5-19H,20-21H2,1-4H3,(H,38,47)(H,40,44)(H,42,46)(H,37,41,45)/b17-12+. The van der Waals surface area contributed by atoms with Crippen LogP contribution in [0.25, 0.3) is 22.7 Å². The molecule has 4 N–H and O–H groups in total. The third-order valence-electron chi connectivity index (χ3n) is 7.15. The number of rotatable bonds is 11. The van der Waals surface area contributed by atoms with Crippen molar-refractivity contribution in [3.8, 4) is 11.4 Å². The number of nitrogens with one attached hydrogen (secondary N) is 4. The van der Waals surface area contributed by atoms with Gasteiger partial charge in [0.15, 0.2) is 0 Å². The van der Waals surface area contributed by atoms with Crippen molar-refractivity contribution in [2.24, 2.45) is 0 Å². The van der Waals surface area contributed by atoms with Gasteiger partial charge in [0, 0.05) is 67.3 Å². The van der Waals surface area contributed by atoms with E-state index in [-0.39, 0.29) is 36.8 Å². The number of ether oxygens (including phenoxy) is 1. The summed E-state index contributed by atoms with van der Waals surface area (Å²) < 4.78 is 8.16. The fourth-order valence-corrected chi connectivity index (χ4v) is 5.05. The molecule has 2 aromatic carbocycles. The highest BCUT2D eigenvalue weighted by Crippen LogP contribution is 2.34. The first-order chi connectivity index (χ1) is 23.1. The number of amides is 4. The molecule has 0 spiro atoms. The molecular formula is C36H35N7O5. The van der Waals surface area contributed by atoms with E-state index in [0.717, 1.165) is 16.8 Å².